The highest BCUT2D eigenvalue weighted by Crippen LogP contribution is 2.38. The van der Waals surface area contributed by atoms with Crippen LogP contribution in [0.4, 0.5) is 0 Å². The molecule has 0 atom stereocenters. The monoisotopic (exact) mass is 453 g/mol. The van der Waals surface area contributed by atoms with Crippen LogP contribution in [0.3, 0.4) is 0 Å². The summed E-state index contributed by atoms with van der Waals surface area (Å²) in [6.45, 7) is 2.54. The summed E-state index contributed by atoms with van der Waals surface area (Å²) < 4.78 is 15.4. The van der Waals surface area contributed by atoms with Gasteiger partial charge < -0.3 is 19.5 Å². The van der Waals surface area contributed by atoms with Gasteiger partial charge in [0.25, 0.3) is 0 Å². The third kappa shape index (κ3) is 4.95. The molecule has 0 bridgehead atoms. The van der Waals surface area contributed by atoms with E-state index in [2.05, 4.69) is 5.32 Å². The van der Waals surface area contributed by atoms with Crippen LogP contribution in [-0.4, -0.2) is 49.0 Å². The Kier molecular flexibility index (Phi) is 6.97. The summed E-state index contributed by atoms with van der Waals surface area (Å²) in [6, 6.07) is 6.54. The van der Waals surface area contributed by atoms with Crippen molar-refractivity contribution in [2.24, 2.45) is 0 Å². The average molecular weight is 453 g/mol. The van der Waals surface area contributed by atoms with Crippen LogP contribution in [0.15, 0.2) is 30.3 Å². The van der Waals surface area contributed by atoms with Crippen molar-refractivity contribution in [1.29, 1.82) is 0 Å². The molecule has 0 heterocycles. The van der Waals surface area contributed by atoms with Crippen molar-refractivity contribution >= 4 is 35.9 Å². The third-order valence-electron chi connectivity index (χ3n) is 4.60. The maximum atomic E-state index is 13.3. The van der Waals surface area contributed by atoms with Crippen LogP contribution in [0, 0.1) is 0 Å². The largest absolute Gasteiger partial charge is 0.462 e. The zero-order chi connectivity index (χ0) is 24.1. The summed E-state index contributed by atoms with van der Waals surface area (Å²) >= 11 is 0. The summed E-state index contributed by atoms with van der Waals surface area (Å²) in [5.41, 5.74) is -0.647. The molecule has 1 aliphatic carbocycles. The Morgan fingerprint density at radius 3 is 2.24 bits per heavy atom. The van der Waals surface area contributed by atoms with Crippen molar-refractivity contribution < 1.29 is 43.0 Å². The molecule has 0 unspecified atom stereocenters. The van der Waals surface area contributed by atoms with Gasteiger partial charge in [-0.1, -0.05) is 12.1 Å². The molecule has 10 heteroatoms. The Hall–Kier alpha value is -4.34. The molecule has 10 nitrogen and oxygen atoms in total. The fourth-order valence-electron chi connectivity index (χ4n) is 3.33. The SMILES string of the molecule is CC(=O)Oc1cccc2c1C(=O)c1c(OC(C)=O)cc(C(=O)OCCCNC=O)cc1C2=O. The van der Waals surface area contributed by atoms with Gasteiger partial charge in [0, 0.05) is 31.5 Å². The van der Waals surface area contributed by atoms with E-state index in [1.807, 2.05) is 0 Å². The van der Waals surface area contributed by atoms with Crippen LogP contribution in [0.1, 0.15) is 62.5 Å². The highest BCUT2D eigenvalue weighted by atomic mass is 16.5. The number of hydrogen-bond acceptors (Lipinski definition) is 9. The molecule has 0 aliphatic heterocycles. The van der Waals surface area contributed by atoms with Crippen LogP contribution >= 0.6 is 0 Å². The van der Waals surface area contributed by atoms with E-state index in [0.29, 0.717) is 19.4 Å². The summed E-state index contributed by atoms with van der Waals surface area (Å²) in [5.74, 6) is -3.99. The minimum Gasteiger partial charge on any atom is -0.462 e. The first kappa shape index (κ1) is 23.3. The van der Waals surface area contributed by atoms with Crippen LogP contribution in [0.2, 0.25) is 0 Å². The minimum atomic E-state index is -0.808. The Morgan fingerprint density at radius 2 is 1.58 bits per heavy atom. The van der Waals surface area contributed by atoms with Gasteiger partial charge in [-0.05, 0) is 24.6 Å². The number of rotatable bonds is 8. The number of carbonyl (C=O) groups excluding carboxylic acids is 6. The van der Waals surface area contributed by atoms with Crippen LogP contribution in [0.5, 0.6) is 11.5 Å². The lowest BCUT2D eigenvalue weighted by atomic mass is 9.82. The van der Waals surface area contributed by atoms with E-state index in [-0.39, 0.29) is 45.9 Å². The molecule has 0 aromatic heterocycles. The molecule has 0 radical (unpaired) electrons. The Morgan fingerprint density at radius 1 is 0.909 bits per heavy atom. The number of carbonyl (C=O) groups is 6. The van der Waals surface area contributed by atoms with Gasteiger partial charge in [-0.2, -0.15) is 0 Å². The number of amides is 1. The normalized spacial score (nSPS) is 11.7. The van der Waals surface area contributed by atoms with Gasteiger partial charge in [0.05, 0.1) is 23.3 Å². The molecule has 170 valence electrons. The van der Waals surface area contributed by atoms with E-state index in [1.165, 1.54) is 24.3 Å². The molecule has 0 fully saturated rings. The lowest BCUT2D eigenvalue weighted by Crippen LogP contribution is -2.25. The molecule has 3 rings (SSSR count). The number of nitrogens with one attached hydrogen (secondary N) is 1. The van der Waals surface area contributed by atoms with Crippen molar-refractivity contribution in [3.63, 3.8) is 0 Å². The van der Waals surface area contributed by atoms with E-state index in [4.69, 9.17) is 14.2 Å². The third-order valence-corrected chi connectivity index (χ3v) is 4.60. The van der Waals surface area contributed by atoms with Crippen LogP contribution < -0.4 is 14.8 Å². The predicted octanol–water partition coefficient (Wildman–Crippen LogP) is 1.61. The first-order valence-corrected chi connectivity index (χ1v) is 9.86. The van der Waals surface area contributed by atoms with Gasteiger partial charge in [0.15, 0.2) is 5.78 Å². The maximum Gasteiger partial charge on any atom is 0.338 e. The molecule has 2 aromatic rings. The molecular weight excluding hydrogens is 434 g/mol. The number of esters is 3. The van der Waals surface area contributed by atoms with Gasteiger partial charge in [0.2, 0.25) is 12.2 Å². The van der Waals surface area contributed by atoms with Gasteiger partial charge in [-0.15, -0.1) is 0 Å². The van der Waals surface area contributed by atoms with E-state index in [0.717, 1.165) is 19.9 Å². The average Bonchev–Trinajstić information content (AvgIpc) is 2.75. The summed E-state index contributed by atoms with van der Waals surface area (Å²) in [4.78, 5) is 72.4. The molecule has 0 spiro atoms. The van der Waals surface area contributed by atoms with Crippen molar-refractivity contribution in [2.75, 3.05) is 13.2 Å². The second-order valence-corrected chi connectivity index (χ2v) is 6.98. The van der Waals surface area contributed by atoms with Crippen LogP contribution in [-0.2, 0) is 19.1 Å². The molecule has 1 N–H and O–H groups in total. The summed E-state index contributed by atoms with van der Waals surface area (Å²) in [7, 11) is 0. The van der Waals surface area contributed by atoms with Gasteiger partial charge >= 0.3 is 17.9 Å². The standard InChI is InChI=1S/C23H19NO9/c1-12(26)32-17-6-3-5-15-19(17)22(29)20-16(21(15)28)9-14(10-18(20)33-13(2)27)23(30)31-8-4-7-24-11-25/h3,5-6,9-11H,4,7-8H2,1-2H3,(H,24,25). The quantitative estimate of drug-likeness (QED) is 0.233. The lowest BCUT2D eigenvalue weighted by Gasteiger charge is -2.22. The second kappa shape index (κ2) is 9.86. The van der Waals surface area contributed by atoms with E-state index < -0.39 is 29.5 Å². The lowest BCUT2D eigenvalue weighted by molar-refractivity contribution is -0.132. The molecule has 2 aromatic carbocycles. The summed E-state index contributed by atoms with van der Waals surface area (Å²) in [6.07, 6.45) is 0.875. The minimum absolute atomic E-state index is 0.0128. The summed E-state index contributed by atoms with van der Waals surface area (Å²) in [5, 5.41) is 2.43. The molecular formula is C23H19NO9. The fraction of sp³-hybridized carbons (Fsp3) is 0.217. The Balaban J connectivity index is 2.05. The fourth-order valence-corrected chi connectivity index (χ4v) is 3.33. The zero-order valence-corrected chi connectivity index (χ0v) is 17.8. The first-order chi connectivity index (χ1) is 15.7. The first-order valence-electron chi connectivity index (χ1n) is 9.86. The number of hydrogen-bond donors (Lipinski definition) is 1. The Labute approximate surface area is 187 Å². The Bertz CT molecular complexity index is 1180. The van der Waals surface area contributed by atoms with Crippen molar-refractivity contribution in [3.8, 4) is 11.5 Å². The molecule has 1 amide bonds. The molecule has 0 saturated carbocycles. The highest BCUT2D eigenvalue weighted by Gasteiger charge is 2.36. The van der Waals surface area contributed by atoms with E-state index in [9.17, 15) is 28.8 Å². The zero-order valence-electron chi connectivity index (χ0n) is 17.8. The van der Waals surface area contributed by atoms with Crippen molar-refractivity contribution in [1.82, 2.24) is 5.32 Å². The topological polar surface area (TPSA) is 142 Å². The molecule has 1 aliphatic rings. The molecule has 0 saturated heterocycles. The van der Waals surface area contributed by atoms with Crippen molar-refractivity contribution in [2.45, 2.75) is 20.3 Å². The van der Waals surface area contributed by atoms with Crippen LogP contribution in [0.25, 0.3) is 0 Å². The number of ether oxygens (including phenoxy) is 3. The van der Waals surface area contributed by atoms with Gasteiger partial charge in [0.1, 0.15) is 11.5 Å². The second-order valence-electron chi connectivity index (χ2n) is 6.98. The van der Waals surface area contributed by atoms with E-state index in [1.54, 1.807) is 0 Å². The van der Waals surface area contributed by atoms with E-state index >= 15 is 0 Å². The number of ketones is 2. The van der Waals surface area contributed by atoms with Gasteiger partial charge in [-0.3, -0.25) is 24.0 Å². The number of fused-ring (bicyclic) bond motifs is 2. The van der Waals surface area contributed by atoms with Gasteiger partial charge in [-0.25, -0.2) is 4.79 Å². The highest BCUT2D eigenvalue weighted by molar-refractivity contribution is 6.30. The maximum absolute atomic E-state index is 13.3. The molecule has 33 heavy (non-hydrogen) atoms. The number of benzene rings is 2. The predicted molar refractivity (Wildman–Crippen MR) is 111 cm³/mol. The smallest absolute Gasteiger partial charge is 0.338 e. The van der Waals surface area contributed by atoms with Crippen molar-refractivity contribution in [3.05, 3.63) is 58.1 Å².